The number of hydrogen-bond acceptors (Lipinski definition) is 4. The summed E-state index contributed by atoms with van der Waals surface area (Å²) in [6, 6.07) is 5.57. The van der Waals surface area contributed by atoms with Crippen molar-refractivity contribution in [3.8, 4) is 0 Å². The van der Waals surface area contributed by atoms with Crippen LogP contribution in [0, 0.1) is 6.92 Å². The predicted octanol–water partition coefficient (Wildman–Crippen LogP) is 3.00. The number of rotatable bonds is 5. The van der Waals surface area contributed by atoms with Gasteiger partial charge in [-0.25, -0.2) is 0 Å². The van der Waals surface area contributed by atoms with Crippen LogP contribution in [0.3, 0.4) is 0 Å². The Morgan fingerprint density at radius 3 is 2.40 bits per heavy atom. The van der Waals surface area contributed by atoms with Gasteiger partial charge in [-0.15, -0.1) is 0 Å². The zero-order valence-electron chi connectivity index (χ0n) is 11.4. The maximum Gasteiger partial charge on any atom is 0.522 e. The summed E-state index contributed by atoms with van der Waals surface area (Å²) in [6.45, 7) is 4.68. The van der Waals surface area contributed by atoms with Crippen LogP contribution in [0.1, 0.15) is 11.4 Å². The van der Waals surface area contributed by atoms with Gasteiger partial charge in [-0.2, -0.15) is 21.6 Å². The average Bonchev–Trinajstić information content (AvgIpc) is 2.24. The first-order valence-electron chi connectivity index (χ1n) is 5.87. The smallest absolute Gasteiger partial charge is 0.308 e. The van der Waals surface area contributed by atoms with Gasteiger partial charge < -0.3 is 3.87 Å². The standard InChI is InChI=1S/C11H16F3NO3SSi/c1-9-5-4-6-10(15-9)7-8-20(2,3)18-19(16,17)11(12,13)14/h4-6H,7-8H2,1-3H3. The predicted molar refractivity (Wildman–Crippen MR) is 71.0 cm³/mol. The molecular weight excluding hydrogens is 311 g/mol. The van der Waals surface area contributed by atoms with E-state index in [9.17, 15) is 21.6 Å². The maximum atomic E-state index is 12.3. The Balaban J connectivity index is 2.72. The molecule has 0 saturated heterocycles. The van der Waals surface area contributed by atoms with Gasteiger partial charge in [0.25, 0.3) is 0 Å². The van der Waals surface area contributed by atoms with Crippen LogP contribution in [0.15, 0.2) is 18.2 Å². The first kappa shape index (κ1) is 17.1. The van der Waals surface area contributed by atoms with Gasteiger partial charge in [0, 0.05) is 11.4 Å². The maximum absolute atomic E-state index is 12.3. The molecule has 1 heterocycles. The Labute approximate surface area is 117 Å². The molecule has 0 aliphatic carbocycles. The lowest BCUT2D eigenvalue weighted by molar-refractivity contribution is -0.0503. The van der Waals surface area contributed by atoms with Crippen LogP contribution >= 0.6 is 0 Å². The van der Waals surface area contributed by atoms with Gasteiger partial charge in [-0.1, -0.05) is 6.07 Å². The highest BCUT2D eigenvalue weighted by Crippen LogP contribution is 2.29. The minimum absolute atomic E-state index is 0.235. The van der Waals surface area contributed by atoms with Gasteiger partial charge in [0.15, 0.2) is 0 Å². The third kappa shape index (κ3) is 4.87. The minimum atomic E-state index is -5.53. The first-order valence-corrected chi connectivity index (χ1v) is 10.4. The molecule has 0 bridgehead atoms. The van der Waals surface area contributed by atoms with Gasteiger partial charge in [0.05, 0.1) is 0 Å². The van der Waals surface area contributed by atoms with Gasteiger partial charge in [0.1, 0.15) is 0 Å². The van der Waals surface area contributed by atoms with Crippen molar-refractivity contribution in [1.82, 2.24) is 4.98 Å². The monoisotopic (exact) mass is 327 g/mol. The quantitative estimate of drug-likeness (QED) is 0.616. The summed E-state index contributed by atoms with van der Waals surface area (Å²) in [4.78, 5) is 4.22. The van der Waals surface area contributed by atoms with E-state index in [-0.39, 0.29) is 6.04 Å². The lowest BCUT2D eigenvalue weighted by Crippen LogP contribution is -2.39. The van der Waals surface area contributed by atoms with Crippen molar-refractivity contribution < 1.29 is 25.5 Å². The molecule has 0 saturated carbocycles. The van der Waals surface area contributed by atoms with Gasteiger partial charge in [0.2, 0.25) is 8.32 Å². The van der Waals surface area contributed by atoms with Crippen LogP contribution in [-0.4, -0.2) is 27.2 Å². The van der Waals surface area contributed by atoms with E-state index < -0.39 is 23.9 Å². The molecule has 1 aromatic heterocycles. The number of hydrogen-bond donors (Lipinski definition) is 0. The van der Waals surface area contributed by atoms with Crippen molar-refractivity contribution in [3.05, 3.63) is 29.6 Å². The number of aryl methyl sites for hydroxylation is 2. The summed E-state index contributed by atoms with van der Waals surface area (Å²) in [6.07, 6.45) is 0.383. The summed E-state index contributed by atoms with van der Waals surface area (Å²) < 4.78 is 63.2. The summed E-state index contributed by atoms with van der Waals surface area (Å²) in [5.41, 5.74) is -3.87. The van der Waals surface area contributed by atoms with Crippen LogP contribution < -0.4 is 0 Å². The van der Waals surface area contributed by atoms with Crippen LogP contribution in [0.25, 0.3) is 0 Å². The molecule has 0 aliphatic rings. The van der Waals surface area contributed by atoms with Crippen molar-refractivity contribution in [2.75, 3.05) is 0 Å². The summed E-state index contributed by atoms with van der Waals surface area (Å²) >= 11 is 0. The Kier molecular flexibility index (Phi) is 4.98. The first-order chi connectivity index (χ1) is 8.93. The zero-order valence-corrected chi connectivity index (χ0v) is 13.2. The highest BCUT2D eigenvalue weighted by atomic mass is 32.2. The minimum Gasteiger partial charge on any atom is -0.308 e. The van der Waals surface area contributed by atoms with Crippen molar-refractivity contribution in [2.24, 2.45) is 0 Å². The SMILES string of the molecule is Cc1cccc(CC[Si](C)(C)OS(=O)(=O)C(F)(F)F)n1. The zero-order chi connectivity index (χ0) is 15.6. The second-order valence-corrected chi connectivity index (χ2v) is 11.1. The summed E-state index contributed by atoms with van der Waals surface area (Å²) in [7, 11) is -8.52. The van der Waals surface area contributed by atoms with E-state index in [2.05, 4.69) is 8.86 Å². The molecule has 0 radical (unpaired) electrons. The van der Waals surface area contributed by atoms with Crippen molar-refractivity contribution >= 4 is 18.4 Å². The lowest BCUT2D eigenvalue weighted by Gasteiger charge is -2.22. The van der Waals surface area contributed by atoms with Gasteiger partial charge in [-0.3, -0.25) is 4.98 Å². The Hall–Kier alpha value is -0.933. The van der Waals surface area contributed by atoms with E-state index in [1.807, 2.05) is 0 Å². The van der Waals surface area contributed by atoms with Crippen LogP contribution in [0.2, 0.25) is 19.1 Å². The van der Waals surface area contributed by atoms with E-state index in [4.69, 9.17) is 0 Å². The second-order valence-electron chi connectivity index (χ2n) is 5.01. The molecule has 0 fully saturated rings. The molecule has 0 N–H and O–H groups in total. The number of alkyl halides is 3. The number of halogens is 3. The Bertz CT molecular complexity index is 573. The highest BCUT2D eigenvalue weighted by molar-refractivity contribution is 7.88. The molecule has 1 aromatic rings. The lowest BCUT2D eigenvalue weighted by atomic mass is 10.3. The number of nitrogens with zero attached hydrogens (tertiary/aromatic N) is 1. The molecule has 0 aromatic carbocycles. The van der Waals surface area contributed by atoms with E-state index in [1.54, 1.807) is 25.1 Å². The molecular formula is C11H16F3NO3SSi. The fourth-order valence-electron chi connectivity index (χ4n) is 1.55. The fraction of sp³-hybridized carbons (Fsp3) is 0.545. The molecule has 0 spiro atoms. The average molecular weight is 327 g/mol. The Morgan fingerprint density at radius 2 is 1.90 bits per heavy atom. The third-order valence-electron chi connectivity index (χ3n) is 2.55. The largest absolute Gasteiger partial charge is 0.522 e. The molecule has 0 aliphatic heterocycles. The normalized spacial score (nSPS) is 13.5. The van der Waals surface area contributed by atoms with Crippen molar-refractivity contribution in [3.63, 3.8) is 0 Å². The fourth-order valence-corrected chi connectivity index (χ4v) is 5.50. The second kappa shape index (κ2) is 5.82. The summed E-state index contributed by atoms with van der Waals surface area (Å²) in [5, 5.41) is 0. The van der Waals surface area contributed by atoms with Gasteiger partial charge >= 0.3 is 15.6 Å². The van der Waals surface area contributed by atoms with Crippen LogP contribution in [0.5, 0.6) is 0 Å². The molecule has 0 atom stereocenters. The molecule has 0 unspecified atom stereocenters. The summed E-state index contributed by atoms with van der Waals surface area (Å²) in [5.74, 6) is 0. The highest BCUT2D eigenvalue weighted by Gasteiger charge is 2.50. The molecule has 20 heavy (non-hydrogen) atoms. The van der Waals surface area contributed by atoms with E-state index in [1.165, 1.54) is 13.1 Å². The third-order valence-corrected chi connectivity index (χ3v) is 7.25. The number of aromatic nitrogens is 1. The van der Waals surface area contributed by atoms with Gasteiger partial charge in [-0.05, 0) is 44.6 Å². The molecule has 1 rings (SSSR count). The van der Waals surface area contributed by atoms with E-state index >= 15 is 0 Å². The van der Waals surface area contributed by atoms with E-state index in [0.29, 0.717) is 12.1 Å². The number of pyridine rings is 1. The van der Waals surface area contributed by atoms with E-state index in [0.717, 1.165) is 5.69 Å². The van der Waals surface area contributed by atoms with Crippen LogP contribution in [0.4, 0.5) is 13.2 Å². The van der Waals surface area contributed by atoms with Crippen LogP contribution in [-0.2, 0) is 20.4 Å². The Morgan fingerprint density at radius 1 is 1.30 bits per heavy atom. The van der Waals surface area contributed by atoms with Crippen molar-refractivity contribution in [2.45, 2.75) is 38.0 Å². The molecule has 0 amide bonds. The molecule has 9 heteroatoms. The van der Waals surface area contributed by atoms with Crippen molar-refractivity contribution in [1.29, 1.82) is 0 Å². The molecule has 4 nitrogen and oxygen atoms in total. The molecule has 114 valence electrons. The topological polar surface area (TPSA) is 56.3 Å².